The molecule has 1 aromatic heterocycles. The van der Waals surface area contributed by atoms with Crippen LogP contribution in [0.3, 0.4) is 0 Å². The van der Waals surface area contributed by atoms with Gasteiger partial charge in [-0.2, -0.15) is 0 Å². The number of hydrogen-bond acceptors (Lipinski definition) is 4. The lowest BCUT2D eigenvalue weighted by molar-refractivity contribution is 0.103. The average Bonchev–Trinajstić information content (AvgIpc) is 2.96. The van der Waals surface area contributed by atoms with Crippen LogP contribution >= 0.6 is 11.3 Å². The third-order valence-corrected chi connectivity index (χ3v) is 3.95. The number of carbonyl (C=O) groups excluding carboxylic acids is 1. The van der Waals surface area contributed by atoms with E-state index in [2.05, 4.69) is 15.6 Å². The van der Waals surface area contributed by atoms with Gasteiger partial charge >= 0.3 is 0 Å². The van der Waals surface area contributed by atoms with Gasteiger partial charge in [0.25, 0.3) is 5.91 Å². The van der Waals surface area contributed by atoms with Crippen molar-refractivity contribution in [3.63, 3.8) is 0 Å². The zero-order valence-corrected chi connectivity index (χ0v) is 10.8. The lowest BCUT2D eigenvalue weighted by Gasteiger charge is -2.06. The SMILES string of the molecule is Cc1ncsc1C(=O)Nc1ccc2c(c1)CCN2. The number of carbonyl (C=O) groups is 1. The van der Waals surface area contributed by atoms with Crippen LogP contribution in [0.4, 0.5) is 11.4 Å². The molecule has 4 nitrogen and oxygen atoms in total. The second-order valence-electron chi connectivity index (χ2n) is 4.27. The fourth-order valence-electron chi connectivity index (χ4n) is 2.09. The van der Waals surface area contributed by atoms with E-state index in [1.165, 1.54) is 22.6 Å². The van der Waals surface area contributed by atoms with E-state index in [4.69, 9.17) is 0 Å². The maximum Gasteiger partial charge on any atom is 0.267 e. The van der Waals surface area contributed by atoms with Gasteiger partial charge in [0.1, 0.15) is 4.88 Å². The normalized spacial score (nSPS) is 12.9. The Labute approximate surface area is 109 Å². The number of amides is 1. The lowest BCUT2D eigenvalue weighted by Crippen LogP contribution is -2.11. The maximum absolute atomic E-state index is 12.0. The van der Waals surface area contributed by atoms with Gasteiger partial charge in [-0.1, -0.05) is 0 Å². The minimum absolute atomic E-state index is 0.0825. The van der Waals surface area contributed by atoms with Gasteiger partial charge in [-0.25, -0.2) is 4.98 Å². The molecule has 1 aliphatic heterocycles. The third-order valence-electron chi connectivity index (χ3n) is 3.02. The molecule has 2 aromatic rings. The summed E-state index contributed by atoms with van der Waals surface area (Å²) in [7, 11) is 0. The molecular weight excluding hydrogens is 246 g/mol. The first-order valence-electron chi connectivity index (χ1n) is 5.82. The summed E-state index contributed by atoms with van der Waals surface area (Å²) in [6.07, 6.45) is 1.01. The number of benzene rings is 1. The van der Waals surface area contributed by atoms with Crippen molar-refractivity contribution in [3.05, 3.63) is 39.8 Å². The maximum atomic E-state index is 12.0. The van der Waals surface area contributed by atoms with Crippen LogP contribution in [0.5, 0.6) is 0 Å². The molecular formula is C13H13N3OS. The fourth-order valence-corrected chi connectivity index (χ4v) is 2.79. The highest BCUT2D eigenvalue weighted by atomic mass is 32.1. The quantitative estimate of drug-likeness (QED) is 0.871. The van der Waals surface area contributed by atoms with Gasteiger partial charge in [0.05, 0.1) is 11.2 Å². The van der Waals surface area contributed by atoms with Crippen molar-refractivity contribution in [1.29, 1.82) is 0 Å². The molecule has 18 heavy (non-hydrogen) atoms. The Morgan fingerprint density at radius 2 is 2.39 bits per heavy atom. The zero-order chi connectivity index (χ0) is 12.5. The second-order valence-corrected chi connectivity index (χ2v) is 5.12. The van der Waals surface area contributed by atoms with E-state index in [1.54, 1.807) is 5.51 Å². The minimum atomic E-state index is -0.0825. The standard InChI is InChI=1S/C13H13N3OS/c1-8-12(18-7-15-8)13(17)16-10-2-3-11-9(6-10)4-5-14-11/h2-3,6-7,14H,4-5H2,1H3,(H,16,17). The van der Waals surface area contributed by atoms with Crippen LogP contribution in [0, 0.1) is 6.92 Å². The molecule has 0 unspecified atom stereocenters. The van der Waals surface area contributed by atoms with E-state index in [0.717, 1.165) is 24.3 Å². The molecule has 0 saturated carbocycles. The Morgan fingerprint density at radius 3 is 3.17 bits per heavy atom. The molecule has 1 aromatic carbocycles. The number of aryl methyl sites for hydroxylation is 1. The van der Waals surface area contributed by atoms with Crippen molar-refractivity contribution in [2.45, 2.75) is 13.3 Å². The van der Waals surface area contributed by atoms with E-state index in [0.29, 0.717) is 4.88 Å². The second kappa shape index (κ2) is 4.42. The van der Waals surface area contributed by atoms with Gasteiger partial charge < -0.3 is 10.6 Å². The fraction of sp³-hybridized carbons (Fsp3) is 0.231. The topological polar surface area (TPSA) is 54.0 Å². The van der Waals surface area contributed by atoms with E-state index in [9.17, 15) is 4.79 Å². The Balaban J connectivity index is 1.81. The van der Waals surface area contributed by atoms with E-state index in [1.807, 2.05) is 25.1 Å². The largest absolute Gasteiger partial charge is 0.384 e. The first kappa shape index (κ1) is 11.2. The Hall–Kier alpha value is -1.88. The molecule has 2 heterocycles. The summed E-state index contributed by atoms with van der Waals surface area (Å²) in [6, 6.07) is 5.96. The average molecular weight is 259 g/mol. The summed E-state index contributed by atoms with van der Waals surface area (Å²) in [5.74, 6) is -0.0825. The zero-order valence-electron chi connectivity index (χ0n) is 9.99. The number of fused-ring (bicyclic) bond motifs is 1. The van der Waals surface area contributed by atoms with Crippen LogP contribution in [-0.4, -0.2) is 17.4 Å². The van der Waals surface area contributed by atoms with Crippen molar-refractivity contribution in [3.8, 4) is 0 Å². The molecule has 92 valence electrons. The number of nitrogens with zero attached hydrogens (tertiary/aromatic N) is 1. The number of aromatic nitrogens is 1. The molecule has 0 spiro atoms. The third kappa shape index (κ3) is 1.97. The summed E-state index contributed by atoms with van der Waals surface area (Å²) in [5.41, 5.74) is 5.74. The van der Waals surface area contributed by atoms with Crippen molar-refractivity contribution in [2.24, 2.45) is 0 Å². The number of rotatable bonds is 2. The molecule has 1 aliphatic rings. The number of thiazole rings is 1. The first-order valence-corrected chi connectivity index (χ1v) is 6.70. The van der Waals surface area contributed by atoms with Crippen molar-refractivity contribution in [1.82, 2.24) is 4.98 Å². The molecule has 0 atom stereocenters. The molecule has 0 fully saturated rings. The Morgan fingerprint density at radius 1 is 1.50 bits per heavy atom. The molecule has 0 bridgehead atoms. The van der Waals surface area contributed by atoms with Crippen molar-refractivity contribution < 1.29 is 4.79 Å². The Bertz CT molecular complexity index is 606. The summed E-state index contributed by atoms with van der Waals surface area (Å²) >= 11 is 1.37. The highest BCUT2D eigenvalue weighted by molar-refractivity contribution is 7.12. The molecule has 0 saturated heterocycles. The summed E-state index contributed by atoms with van der Waals surface area (Å²) < 4.78 is 0. The smallest absolute Gasteiger partial charge is 0.267 e. The van der Waals surface area contributed by atoms with E-state index >= 15 is 0 Å². The number of hydrogen-bond donors (Lipinski definition) is 2. The van der Waals surface area contributed by atoms with Gasteiger partial charge in [-0.15, -0.1) is 11.3 Å². The highest BCUT2D eigenvalue weighted by Gasteiger charge is 2.14. The predicted molar refractivity (Wildman–Crippen MR) is 73.4 cm³/mol. The molecule has 0 aliphatic carbocycles. The Kier molecular flexibility index (Phi) is 2.76. The van der Waals surface area contributed by atoms with Crippen LogP contribution < -0.4 is 10.6 Å². The summed E-state index contributed by atoms with van der Waals surface area (Å²) in [6.45, 7) is 2.82. The first-order chi connectivity index (χ1) is 8.74. The van der Waals surface area contributed by atoms with Gasteiger partial charge in [-0.05, 0) is 37.1 Å². The summed E-state index contributed by atoms with van der Waals surface area (Å²) in [5, 5.41) is 6.22. The van der Waals surface area contributed by atoms with Crippen LogP contribution in [0.1, 0.15) is 20.9 Å². The predicted octanol–water partition coefficient (Wildman–Crippen LogP) is 2.67. The van der Waals surface area contributed by atoms with E-state index < -0.39 is 0 Å². The van der Waals surface area contributed by atoms with Gasteiger partial charge in [0, 0.05) is 17.9 Å². The molecule has 1 amide bonds. The highest BCUT2D eigenvalue weighted by Crippen LogP contribution is 2.25. The monoisotopic (exact) mass is 259 g/mol. The molecule has 2 N–H and O–H groups in total. The molecule has 3 rings (SSSR count). The van der Waals surface area contributed by atoms with Crippen molar-refractivity contribution >= 4 is 28.6 Å². The van der Waals surface area contributed by atoms with Crippen LogP contribution in [0.2, 0.25) is 0 Å². The molecule has 0 radical (unpaired) electrons. The van der Waals surface area contributed by atoms with Crippen LogP contribution in [0.25, 0.3) is 0 Å². The summed E-state index contributed by atoms with van der Waals surface area (Å²) in [4.78, 5) is 16.8. The van der Waals surface area contributed by atoms with Gasteiger partial charge in [-0.3, -0.25) is 4.79 Å². The van der Waals surface area contributed by atoms with Gasteiger partial charge in [0.15, 0.2) is 0 Å². The van der Waals surface area contributed by atoms with Crippen molar-refractivity contribution in [2.75, 3.05) is 17.2 Å². The number of nitrogens with one attached hydrogen (secondary N) is 2. The lowest BCUT2D eigenvalue weighted by atomic mass is 10.1. The van der Waals surface area contributed by atoms with Gasteiger partial charge in [0.2, 0.25) is 0 Å². The molecule has 5 heteroatoms. The number of anilines is 2. The van der Waals surface area contributed by atoms with Crippen LogP contribution in [0.15, 0.2) is 23.7 Å². The minimum Gasteiger partial charge on any atom is -0.384 e. The van der Waals surface area contributed by atoms with E-state index in [-0.39, 0.29) is 5.91 Å². The van der Waals surface area contributed by atoms with Crippen LogP contribution in [-0.2, 0) is 6.42 Å².